The molecule has 0 aliphatic carbocycles. The quantitative estimate of drug-likeness (QED) is 0.780. The van der Waals surface area contributed by atoms with E-state index in [4.69, 9.17) is 19.0 Å². The summed E-state index contributed by atoms with van der Waals surface area (Å²) in [5, 5.41) is 11.6. The zero-order chi connectivity index (χ0) is 12.3. The van der Waals surface area contributed by atoms with Gasteiger partial charge in [-0.3, -0.25) is 0 Å². The van der Waals surface area contributed by atoms with Gasteiger partial charge in [-0.1, -0.05) is 0 Å². The Morgan fingerprint density at radius 3 is 3.12 bits per heavy atom. The van der Waals surface area contributed by atoms with Crippen molar-refractivity contribution in [1.29, 1.82) is 0 Å². The SMILES string of the molecule is COC1(CNc2nc(C(=O)O)co2)CCOC1. The predicted octanol–water partition coefficient (Wildman–Crippen LogP) is 0.590. The normalized spacial score (nSPS) is 23.8. The van der Waals surface area contributed by atoms with Crippen molar-refractivity contribution in [2.24, 2.45) is 0 Å². The lowest BCUT2D eigenvalue weighted by Gasteiger charge is -2.25. The van der Waals surface area contributed by atoms with Gasteiger partial charge in [-0.15, -0.1) is 0 Å². The van der Waals surface area contributed by atoms with E-state index in [9.17, 15) is 4.79 Å². The Morgan fingerprint density at radius 1 is 1.76 bits per heavy atom. The highest BCUT2D eigenvalue weighted by atomic mass is 16.5. The van der Waals surface area contributed by atoms with Crippen molar-refractivity contribution in [2.45, 2.75) is 12.0 Å². The standard InChI is InChI=1S/C10H14N2O5/c1-15-10(2-3-16-6-10)5-11-9-12-7(4-17-9)8(13)14/h4H,2-3,5-6H2,1H3,(H,11,12)(H,13,14). The molecule has 1 saturated heterocycles. The minimum atomic E-state index is -1.12. The molecule has 1 aromatic heterocycles. The van der Waals surface area contributed by atoms with Crippen molar-refractivity contribution < 1.29 is 23.8 Å². The number of hydrogen-bond acceptors (Lipinski definition) is 6. The molecule has 2 heterocycles. The number of methoxy groups -OCH3 is 1. The number of rotatable bonds is 5. The summed E-state index contributed by atoms with van der Waals surface area (Å²) in [4.78, 5) is 14.4. The van der Waals surface area contributed by atoms with Crippen LogP contribution >= 0.6 is 0 Å². The molecule has 1 atom stereocenters. The molecule has 1 fully saturated rings. The highest BCUT2D eigenvalue weighted by Gasteiger charge is 2.35. The monoisotopic (exact) mass is 242 g/mol. The molecule has 7 heteroatoms. The van der Waals surface area contributed by atoms with Crippen LogP contribution in [0.15, 0.2) is 10.7 Å². The van der Waals surface area contributed by atoms with Gasteiger partial charge in [0.15, 0.2) is 5.69 Å². The first-order valence-corrected chi connectivity index (χ1v) is 5.21. The Bertz CT molecular complexity index is 397. The van der Waals surface area contributed by atoms with Crippen LogP contribution in [0.4, 0.5) is 6.01 Å². The fraction of sp³-hybridized carbons (Fsp3) is 0.600. The van der Waals surface area contributed by atoms with Crippen molar-refractivity contribution in [3.8, 4) is 0 Å². The van der Waals surface area contributed by atoms with Crippen molar-refractivity contribution >= 4 is 12.0 Å². The van der Waals surface area contributed by atoms with Crippen LogP contribution < -0.4 is 5.32 Å². The Morgan fingerprint density at radius 2 is 2.59 bits per heavy atom. The second-order valence-corrected chi connectivity index (χ2v) is 3.89. The smallest absolute Gasteiger partial charge is 0.357 e. The topological polar surface area (TPSA) is 93.8 Å². The Hall–Kier alpha value is -1.60. The van der Waals surface area contributed by atoms with E-state index in [1.54, 1.807) is 7.11 Å². The van der Waals surface area contributed by atoms with Gasteiger partial charge in [0.05, 0.1) is 13.2 Å². The third kappa shape index (κ3) is 2.56. The van der Waals surface area contributed by atoms with Crippen LogP contribution in [0.1, 0.15) is 16.9 Å². The average molecular weight is 242 g/mol. The molecule has 0 amide bonds. The summed E-state index contributed by atoms with van der Waals surface area (Å²) in [7, 11) is 1.62. The number of hydrogen-bond donors (Lipinski definition) is 2. The fourth-order valence-corrected chi connectivity index (χ4v) is 1.65. The van der Waals surface area contributed by atoms with E-state index in [0.717, 1.165) is 12.7 Å². The highest BCUT2D eigenvalue weighted by Crippen LogP contribution is 2.23. The zero-order valence-electron chi connectivity index (χ0n) is 9.43. The van der Waals surface area contributed by atoms with E-state index in [1.807, 2.05) is 0 Å². The number of carboxylic acid groups (broad SMARTS) is 1. The largest absolute Gasteiger partial charge is 0.476 e. The predicted molar refractivity (Wildman–Crippen MR) is 57.1 cm³/mol. The number of carbonyl (C=O) groups is 1. The maximum atomic E-state index is 10.6. The summed E-state index contributed by atoms with van der Waals surface area (Å²) in [6, 6.07) is 0.172. The van der Waals surface area contributed by atoms with Gasteiger partial charge in [0, 0.05) is 20.1 Å². The lowest BCUT2D eigenvalue weighted by molar-refractivity contribution is -0.00653. The van der Waals surface area contributed by atoms with Gasteiger partial charge < -0.3 is 24.3 Å². The van der Waals surface area contributed by atoms with Gasteiger partial charge in [-0.05, 0) is 0 Å². The van der Waals surface area contributed by atoms with Crippen molar-refractivity contribution in [1.82, 2.24) is 4.98 Å². The summed E-state index contributed by atoms with van der Waals surface area (Å²) < 4.78 is 15.7. The Balaban J connectivity index is 1.94. The van der Waals surface area contributed by atoms with Gasteiger partial charge in [-0.25, -0.2) is 4.79 Å². The number of aromatic carboxylic acids is 1. The number of carboxylic acids is 1. The van der Waals surface area contributed by atoms with E-state index in [2.05, 4.69) is 10.3 Å². The van der Waals surface area contributed by atoms with Crippen molar-refractivity contribution in [3.63, 3.8) is 0 Å². The molecule has 7 nitrogen and oxygen atoms in total. The van der Waals surface area contributed by atoms with E-state index in [-0.39, 0.29) is 11.7 Å². The van der Waals surface area contributed by atoms with Crippen LogP contribution in [-0.2, 0) is 9.47 Å². The zero-order valence-corrected chi connectivity index (χ0v) is 9.43. The van der Waals surface area contributed by atoms with Gasteiger partial charge in [0.2, 0.25) is 0 Å². The van der Waals surface area contributed by atoms with Crippen LogP contribution in [0.2, 0.25) is 0 Å². The second-order valence-electron chi connectivity index (χ2n) is 3.89. The molecule has 0 saturated carbocycles. The number of ether oxygens (including phenoxy) is 2. The fourth-order valence-electron chi connectivity index (χ4n) is 1.65. The third-order valence-corrected chi connectivity index (χ3v) is 2.79. The number of oxazole rings is 1. The number of nitrogens with one attached hydrogen (secondary N) is 1. The molecule has 17 heavy (non-hydrogen) atoms. The lowest BCUT2D eigenvalue weighted by Crippen LogP contribution is -2.39. The molecule has 0 spiro atoms. The number of anilines is 1. The first-order chi connectivity index (χ1) is 8.15. The summed E-state index contributed by atoms with van der Waals surface area (Å²) >= 11 is 0. The maximum Gasteiger partial charge on any atom is 0.357 e. The molecular formula is C10H14N2O5. The molecule has 1 aliphatic heterocycles. The molecule has 2 rings (SSSR count). The van der Waals surface area contributed by atoms with Gasteiger partial charge >= 0.3 is 5.97 Å². The minimum absolute atomic E-state index is 0.123. The first-order valence-electron chi connectivity index (χ1n) is 5.21. The molecule has 94 valence electrons. The third-order valence-electron chi connectivity index (χ3n) is 2.79. The molecule has 1 aliphatic rings. The van der Waals surface area contributed by atoms with Gasteiger partial charge in [0.1, 0.15) is 11.9 Å². The molecule has 2 N–H and O–H groups in total. The van der Waals surface area contributed by atoms with E-state index >= 15 is 0 Å². The Kier molecular flexibility index (Phi) is 3.30. The van der Waals surface area contributed by atoms with Crippen LogP contribution in [0, 0.1) is 0 Å². The van der Waals surface area contributed by atoms with Crippen LogP contribution in [0.25, 0.3) is 0 Å². The molecule has 0 aromatic carbocycles. The molecule has 1 aromatic rings. The summed E-state index contributed by atoms with van der Waals surface area (Å²) in [6.45, 7) is 1.62. The van der Waals surface area contributed by atoms with Crippen molar-refractivity contribution in [2.75, 3.05) is 32.2 Å². The molecule has 1 unspecified atom stereocenters. The number of nitrogens with zero attached hydrogens (tertiary/aromatic N) is 1. The van der Waals surface area contributed by atoms with E-state index < -0.39 is 11.6 Å². The van der Waals surface area contributed by atoms with E-state index in [1.165, 1.54) is 0 Å². The average Bonchev–Trinajstić information content (AvgIpc) is 2.96. The number of aromatic nitrogens is 1. The molecule has 0 radical (unpaired) electrons. The second kappa shape index (κ2) is 4.72. The van der Waals surface area contributed by atoms with Crippen molar-refractivity contribution in [3.05, 3.63) is 12.0 Å². The van der Waals surface area contributed by atoms with Crippen LogP contribution in [0.3, 0.4) is 0 Å². The summed E-state index contributed by atoms with van der Waals surface area (Å²) in [6.07, 6.45) is 1.87. The minimum Gasteiger partial charge on any atom is -0.476 e. The molecule has 0 bridgehead atoms. The van der Waals surface area contributed by atoms with Crippen LogP contribution in [0.5, 0.6) is 0 Å². The summed E-state index contributed by atoms with van der Waals surface area (Å²) in [5.74, 6) is -1.12. The van der Waals surface area contributed by atoms with Gasteiger partial charge in [-0.2, -0.15) is 4.98 Å². The highest BCUT2D eigenvalue weighted by molar-refractivity contribution is 5.85. The van der Waals surface area contributed by atoms with Crippen LogP contribution in [-0.4, -0.2) is 48.5 Å². The van der Waals surface area contributed by atoms with Gasteiger partial charge in [0.25, 0.3) is 6.01 Å². The summed E-state index contributed by atoms with van der Waals surface area (Å²) in [5.41, 5.74) is -0.514. The first kappa shape index (κ1) is 11.9. The maximum absolute atomic E-state index is 10.6. The van der Waals surface area contributed by atoms with E-state index in [0.29, 0.717) is 19.8 Å². The lowest BCUT2D eigenvalue weighted by atomic mass is 10.0. The molecular weight excluding hydrogens is 228 g/mol. The Labute approximate surface area is 97.7 Å².